The molecule has 2 nitrogen and oxygen atoms in total. The topological polar surface area (TPSA) is 28.7 Å². The first-order valence-corrected chi connectivity index (χ1v) is 4.16. The summed E-state index contributed by atoms with van der Waals surface area (Å²) in [6, 6.07) is 0. The number of hydrogen-bond donors (Lipinski definition) is 1. The van der Waals surface area contributed by atoms with Crippen LogP contribution in [0.3, 0.4) is 0 Å². The van der Waals surface area contributed by atoms with E-state index in [0.29, 0.717) is 0 Å². The number of H-pyrrole nitrogens is 1. The van der Waals surface area contributed by atoms with Gasteiger partial charge in [-0.1, -0.05) is 26.0 Å². The van der Waals surface area contributed by atoms with Crippen LogP contribution in [0.2, 0.25) is 0 Å². The molecule has 0 atom stereocenters. The molecule has 0 saturated carbocycles. The molecule has 1 aliphatic carbocycles. The van der Waals surface area contributed by atoms with E-state index < -0.39 is 0 Å². The third-order valence-corrected chi connectivity index (χ3v) is 1.58. The van der Waals surface area contributed by atoms with Gasteiger partial charge in [-0.05, 0) is 12.8 Å². The molecule has 0 unspecified atom stereocenters. The summed E-state index contributed by atoms with van der Waals surface area (Å²) in [5, 5.41) is 9.27. The van der Waals surface area contributed by atoms with Crippen molar-refractivity contribution in [2.75, 3.05) is 0 Å². The van der Waals surface area contributed by atoms with Crippen LogP contribution in [-0.4, -0.2) is 10.2 Å². The van der Waals surface area contributed by atoms with Crippen molar-refractivity contribution >= 4 is 12.2 Å². The van der Waals surface area contributed by atoms with E-state index in [9.17, 15) is 0 Å². The molecular formula is C9H14N2. The van der Waals surface area contributed by atoms with Gasteiger partial charge in [-0.3, -0.25) is 5.10 Å². The van der Waals surface area contributed by atoms with E-state index in [0.717, 1.165) is 12.8 Å². The fraction of sp³-hybridized carbons (Fsp3) is 0.444. The second-order valence-corrected chi connectivity index (χ2v) is 2.22. The van der Waals surface area contributed by atoms with Gasteiger partial charge in [0.25, 0.3) is 0 Å². The number of fused-ring (bicyclic) bond motifs is 1. The quantitative estimate of drug-likeness (QED) is 0.582. The first kappa shape index (κ1) is 8.05. The predicted molar refractivity (Wildman–Crippen MR) is 47.3 cm³/mol. The van der Waals surface area contributed by atoms with Crippen molar-refractivity contribution in [3.8, 4) is 0 Å². The Balaban J connectivity index is 0.000000281. The van der Waals surface area contributed by atoms with Gasteiger partial charge in [0.2, 0.25) is 0 Å². The standard InChI is InChI=1S/C7H8N2.C2H6/c1-2-4-7-6(3-1)5-8-9-7;1-2/h3-5,9H,1-2H2;1-2H3. The minimum Gasteiger partial charge on any atom is -0.278 e. The molecule has 1 N–H and O–H groups in total. The lowest BCUT2D eigenvalue weighted by molar-refractivity contribution is 1.04. The molecule has 0 bridgehead atoms. The number of nitrogens with zero attached hydrogens (tertiary/aromatic N) is 1. The molecule has 2 rings (SSSR count). The maximum absolute atomic E-state index is 3.92. The lowest BCUT2D eigenvalue weighted by Crippen LogP contribution is -2.23. The van der Waals surface area contributed by atoms with Crippen LogP contribution >= 0.6 is 0 Å². The number of hydrogen-bond acceptors (Lipinski definition) is 1. The average molecular weight is 150 g/mol. The minimum atomic E-state index is 1.15. The summed E-state index contributed by atoms with van der Waals surface area (Å²) in [6.07, 6.45) is 8.56. The summed E-state index contributed by atoms with van der Waals surface area (Å²) < 4.78 is 0. The van der Waals surface area contributed by atoms with Crippen LogP contribution in [0.15, 0.2) is 6.20 Å². The van der Waals surface area contributed by atoms with Crippen molar-refractivity contribution in [1.29, 1.82) is 0 Å². The Bertz CT molecular complexity index is 278. The molecular weight excluding hydrogens is 136 g/mol. The van der Waals surface area contributed by atoms with Crippen molar-refractivity contribution in [2.45, 2.75) is 26.7 Å². The van der Waals surface area contributed by atoms with Gasteiger partial charge >= 0.3 is 0 Å². The van der Waals surface area contributed by atoms with Crippen LogP contribution in [0.25, 0.3) is 12.2 Å². The Labute approximate surface area is 66.6 Å². The Morgan fingerprint density at radius 1 is 1.27 bits per heavy atom. The second-order valence-electron chi connectivity index (χ2n) is 2.22. The molecule has 0 aliphatic heterocycles. The fourth-order valence-corrected chi connectivity index (χ4v) is 1.10. The zero-order chi connectivity index (χ0) is 8.10. The third kappa shape index (κ3) is 1.70. The molecule has 0 aromatic carbocycles. The molecule has 1 aromatic rings. The molecule has 1 heterocycles. The number of aromatic nitrogens is 2. The predicted octanol–water partition coefficient (Wildman–Crippen LogP) is 0.791. The number of rotatable bonds is 0. The van der Waals surface area contributed by atoms with Crippen molar-refractivity contribution in [3.63, 3.8) is 0 Å². The molecule has 60 valence electrons. The molecule has 1 aromatic heterocycles. The largest absolute Gasteiger partial charge is 0.278 e. The SMILES string of the molecule is C1=c2cn[nH]c2=CCC1.CC. The molecule has 0 fully saturated rings. The molecule has 0 amide bonds. The first-order valence-electron chi connectivity index (χ1n) is 4.16. The van der Waals surface area contributed by atoms with Gasteiger partial charge in [0.15, 0.2) is 0 Å². The summed E-state index contributed by atoms with van der Waals surface area (Å²) >= 11 is 0. The van der Waals surface area contributed by atoms with E-state index in [1.807, 2.05) is 20.0 Å². The average Bonchev–Trinajstić information content (AvgIpc) is 2.55. The van der Waals surface area contributed by atoms with E-state index in [1.54, 1.807) is 0 Å². The smallest absolute Gasteiger partial charge is 0.0607 e. The highest BCUT2D eigenvalue weighted by molar-refractivity contribution is 5.34. The minimum absolute atomic E-state index is 1.15. The normalized spacial score (nSPS) is 13.3. The summed E-state index contributed by atoms with van der Waals surface area (Å²) in [7, 11) is 0. The highest BCUT2D eigenvalue weighted by Crippen LogP contribution is 1.92. The highest BCUT2D eigenvalue weighted by Gasteiger charge is 1.91. The van der Waals surface area contributed by atoms with E-state index in [4.69, 9.17) is 0 Å². The lowest BCUT2D eigenvalue weighted by atomic mass is 10.2. The maximum Gasteiger partial charge on any atom is 0.0607 e. The highest BCUT2D eigenvalue weighted by atomic mass is 15.1. The Kier molecular flexibility index (Phi) is 2.90. The lowest BCUT2D eigenvalue weighted by Gasteiger charge is -1.90. The monoisotopic (exact) mass is 150 g/mol. The molecule has 0 saturated heterocycles. The van der Waals surface area contributed by atoms with Crippen molar-refractivity contribution in [2.24, 2.45) is 0 Å². The molecule has 0 spiro atoms. The van der Waals surface area contributed by atoms with Crippen LogP contribution in [0.4, 0.5) is 0 Å². The van der Waals surface area contributed by atoms with Gasteiger partial charge in [0, 0.05) is 5.22 Å². The first-order chi connectivity index (χ1) is 5.47. The van der Waals surface area contributed by atoms with Crippen molar-refractivity contribution < 1.29 is 0 Å². The van der Waals surface area contributed by atoms with Gasteiger partial charge in [0.1, 0.15) is 0 Å². The zero-order valence-corrected chi connectivity index (χ0v) is 7.09. The van der Waals surface area contributed by atoms with Gasteiger partial charge in [-0.25, -0.2) is 0 Å². The third-order valence-electron chi connectivity index (χ3n) is 1.58. The summed E-state index contributed by atoms with van der Waals surface area (Å²) in [5.41, 5.74) is 0. The van der Waals surface area contributed by atoms with Crippen LogP contribution in [0, 0.1) is 0 Å². The second kappa shape index (κ2) is 3.96. The zero-order valence-electron chi connectivity index (χ0n) is 7.09. The summed E-state index contributed by atoms with van der Waals surface area (Å²) in [5.74, 6) is 0. The van der Waals surface area contributed by atoms with Gasteiger partial charge in [-0.15, -0.1) is 0 Å². The van der Waals surface area contributed by atoms with Crippen molar-refractivity contribution in [1.82, 2.24) is 10.2 Å². The van der Waals surface area contributed by atoms with Gasteiger partial charge in [-0.2, -0.15) is 5.10 Å². The van der Waals surface area contributed by atoms with Crippen LogP contribution < -0.4 is 10.6 Å². The van der Waals surface area contributed by atoms with Crippen LogP contribution in [-0.2, 0) is 0 Å². The Morgan fingerprint density at radius 3 is 2.73 bits per heavy atom. The van der Waals surface area contributed by atoms with E-state index in [-0.39, 0.29) is 0 Å². The van der Waals surface area contributed by atoms with Gasteiger partial charge < -0.3 is 0 Å². The van der Waals surface area contributed by atoms with E-state index >= 15 is 0 Å². The molecule has 2 heteroatoms. The Hall–Kier alpha value is -1.05. The van der Waals surface area contributed by atoms with Gasteiger partial charge in [0.05, 0.1) is 11.5 Å². The molecule has 0 radical (unpaired) electrons. The fourth-order valence-electron chi connectivity index (χ4n) is 1.10. The van der Waals surface area contributed by atoms with E-state index in [2.05, 4.69) is 22.3 Å². The maximum atomic E-state index is 3.92. The molecule has 1 aliphatic rings. The summed E-state index contributed by atoms with van der Waals surface area (Å²) in [4.78, 5) is 0. The van der Waals surface area contributed by atoms with Crippen LogP contribution in [0.5, 0.6) is 0 Å². The molecule has 11 heavy (non-hydrogen) atoms. The van der Waals surface area contributed by atoms with Crippen molar-refractivity contribution in [3.05, 3.63) is 16.8 Å². The number of nitrogens with one attached hydrogen (secondary N) is 1. The number of aromatic amines is 1. The van der Waals surface area contributed by atoms with E-state index in [1.165, 1.54) is 10.6 Å². The van der Waals surface area contributed by atoms with Crippen LogP contribution in [0.1, 0.15) is 26.7 Å². The summed E-state index contributed by atoms with van der Waals surface area (Å²) in [6.45, 7) is 4.00. The Morgan fingerprint density at radius 2 is 2.00 bits per heavy atom.